The summed E-state index contributed by atoms with van der Waals surface area (Å²) in [6, 6.07) is 7.19. The van der Waals surface area contributed by atoms with Crippen molar-refractivity contribution in [3.05, 3.63) is 28.7 Å². The summed E-state index contributed by atoms with van der Waals surface area (Å²) in [5.41, 5.74) is 0. The van der Waals surface area contributed by atoms with Crippen LogP contribution < -0.4 is 10.0 Å². The maximum Gasteiger partial charge on any atom is 0.240 e. The molecule has 1 unspecified atom stereocenters. The SMILES string of the molecule is O=S(=O)(NCCC1CCCN1)c1cccc(Br)c1. The molecule has 1 heterocycles. The second-order valence-corrected chi connectivity index (χ2v) is 7.12. The van der Waals surface area contributed by atoms with Gasteiger partial charge in [0.05, 0.1) is 4.90 Å². The first-order chi connectivity index (χ1) is 8.58. The maximum absolute atomic E-state index is 12.0. The standard InChI is InChI=1S/C12H17BrN2O2S/c13-10-3-1-5-12(9-10)18(16,17)15-8-6-11-4-2-7-14-11/h1,3,5,9,11,14-15H,2,4,6-8H2. The zero-order valence-electron chi connectivity index (χ0n) is 10.0. The van der Waals surface area contributed by atoms with Gasteiger partial charge in [-0.3, -0.25) is 0 Å². The van der Waals surface area contributed by atoms with E-state index in [-0.39, 0.29) is 0 Å². The lowest BCUT2D eigenvalue weighted by atomic mass is 10.2. The molecule has 6 heteroatoms. The molecule has 4 nitrogen and oxygen atoms in total. The Morgan fingerprint density at radius 3 is 2.94 bits per heavy atom. The normalized spacial score (nSPS) is 20.2. The summed E-state index contributed by atoms with van der Waals surface area (Å²) in [6.45, 7) is 1.52. The van der Waals surface area contributed by atoms with Gasteiger partial charge in [0.15, 0.2) is 0 Å². The summed E-state index contributed by atoms with van der Waals surface area (Å²) < 4.78 is 27.4. The molecule has 0 bridgehead atoms. The number of sulfonamides is 1. The van der Waals surface area contributed by atoms with Crippen LogP contribution in [0.25, 0.3) is 0 Å². The van der Waals surface area contributed by atoms with Gasteiger partial charge in [-0.05, 0) is 44.0 Å². The Labute approximate surface area is 116 Å². The van der Waals surface area contributed by atoms with Crippen LogP contribution in [0.2, 0.25) is 0 Å². The summed E-state index contributed by atoms with van der Waals surface area (Å²) >= 11 is 3.27. The summed E-state index contributed by atoms with van der Waals surface area (Å²) in [7, 11) is -3.38. The first-order valence-corrected chi connectivity index (χ1v) is 8.34. The van der Waals surface area contributed by atoms with Crippen LogP contribution in [0.1, 0.15) is 19.3 Å². The molecule has 100 valence electrons. The zero-order valence-corrected chi connectivity index (χ0v) is 12.4. The van der Waals surface area contributed by atoms with Crippen molar-refractivity contribution < 1.29 is 8.42 Å². The Kier molecular flexibility index (Phi) is 4.77. The highest BCUT2D eigenvalue weighted by molar-refractivity contribution is 9.10. The molecule has 1 aliphatic heterocycles. The third-order valence-electron chi connectivity index (χ3n) is 3.05. The number of rotatable bonds is 5. The molecule has 0 aliphatic carbocycles. The van der Waals surface area contributed by atoms with E-state index in [0.717, 1.165) is 23.9 Å². The molecule has 0 amide bonds. The Hall–Kier alpha value is -0.430. The molecule has 1 fully saturated rings. The second-order valence-electron chi connectivity index (χ2n) is 4.44. The molecular formula is C12H17BrN2O2S. The summed E-state index contributed by atoms with van der Waals surface area (Å²) in [5, 5.41) is 3.35. The van der Waals surface area contributed by atoms with Crippen LogP contribution in [0.3, 0.4) is 0 Å². The number of nitrogens with one attached hydrogen (secondary N) is 2. The fraction of sp³-hybridized carbons (Fsp3) is 0.500. The number of hydrogen-bond donors (Lipinski definition) is 2. The fourth-order valence-corrected chi connectivity index (χ4v) is 3.73. The lowest BCUT2D eigenvalue weighted by molar-refractivity contribution is 0.539. The summed E-state index contributed by atoms with van der Waals surface area (Å²) in [4.78, 5) is 0.302. The maximum atomic E-state index is 12.0. The molecule has 1 aliphatic rings. The lowest BCUT2D eigenvalue weighted by Crippen LogP contribution is -2.30. The van der Waals surface area contributed by atoms with Crippen molar-refractivity contribution in [1.29, 1.82) is 0 Å². The molecule has 18 heavy (non-hydrogen) atoms. The monoisotopic (exact) mass is 332 g/mol. The Morgan fingerprint density at radius 1 is 1.44 bits per heavy atom. The predicted octanol–water partition coefficient (Wildman–Crippen LogP) is 1.87. The number of benzene rings is 1. The Morgan fingerprint density at radius 2 is 2.28 bits per heavy atom. The molecule has 0 radical (unpaired) electrons. The largest absolute Gasteiger partial charge is 0.314 e. The number of halogens is 1. The van der Waals surface area contributed by atoms with Gasteiger partial charge in [-0.25, -0.2) is 13.1 Å². The van der Waals surface area contributed by atoms with Gasteiger partial charge in [-0.2, -0.15) is 0 Å². The van der Waals surface area contributed by atoms with Crippen molar-refractivity contribution in [2.75, 3.05) is 13.1 Å². The summed E-state index contributed by atoms with van der Waals surface area (Å²) in [6.07, 6.45) is 3.16. The van der Waals surface area contributed by atoms with Crippen LogP contribution in [-0.4, -0.2) is 27.5 Å². The highest BCUT2D eigenvalue weighted by Crippen LogP contribution is 2.16. The van der Waals surface area contributed by atoms with Gasteiger partial charge in [0.1, 0.15) is 0 Å². The van der Waals surface area contributed by atoms with Crippen molar-refractivity contribution in [3.63, 3.8) is 0 Å². The minimum absolute atomic E-state index is 0.302. The van der Waals surface area contributed by atoms with Crippen LogP contribution in [0.5, 0.6) is 0 Å². The van der Waals surface area contributed by atoms with E-state index >= 15 is 0 Å². The molecule has 2 rings (SSSR count). The molecule has 2 N–H and O–H groups in total. The molecule has 1 saturated heterocycles. The van der Waals surface area contributed by atoms with Crippen LogP contribution in [0.15, 0.2) is 33.6 Å². The fourth-order valence-electron chi connectivity index (χ4n) is 2.09. The van der Waals surface area contributed by atoms with Crippen LogP contribution in [0, 0.1) is 0 Å². The second kappa shape index (κ2) is 6.14. The summed E-state index contributed by atoms with van der Waals surface area (Å²) in [5.74, 6) is 0. The van der Waals surface area contributed by atoms with Gasteiger partial charge < -0.3 is 5.32 Å². The molecule has 0 spiro atoms. The first-order valence-electron chi connectivity index (χ1n) is 6.06. The van der Waals surface area contributed by atoms with Crippen molar-refractivity contribution in [1.82, 2.24) is 10.0 Å². The van der Waals surface area contributed by atoms with Crippen molar-refractivity contribution in [2.45, 2.75) is 30.2 Å². The molecule has 1 atom stereocenters. The van der Waals surface area contributed by atoms with E-state index < -0.39 is 10.0 Å². The average Bonchev–Trinajstić information content (AvgIpc) is 2.82. The topological polar surface area (TPSA) is 58.2 Å². The third-order valence-corrected chi connectivity index (χ3v) is 5.01. The van der Waals surface area contributed by atoms with Gasteiger partial charge in [0.2, 0.25) is 10.0 Å². The molecule has 1 aromatic rings. The van der Waals surface area contributed by atoms with E-state index in [0.29, 0.717) is 17.5 Å². The first kappa shape index (κ1) is 14.0. The highest BCUT2D eigenvalue weighted by atomic mass is 79.9. The average molecular weight is 333 g/mol. The Balaban J connectivity index is 1.90. The van der Waals surface area contributed by atoms with E-state index in [4.69, 9.17) is 0 Å². The third kappa shape index (κ3) is 3.78. The molecule has 1 aromatic carbocycles. The van der Waals surface area contributed by atoms with Gasteiger partial charge in [-0.15, -0.1) is 0 Å². The Bertz CT molecular complexity index is 499. The smallest absolute Gasteiger partial charge is 0.240 e. The molecule has 0 saturated carbocycles. The van der Waals surface area contributed by atoms with E-state index in [1.54, 1.807) is 18.2 Å². The van der Waals surface area contributed by atoms with Crippen molar-refractivity contribution in [2.24, 2.45) is 0 Å². The predicted molar refractivity (Wildman–Crippen MR) is 75.0 cm³/mol. The van der Waals surface area contributed by atoms with Crippen LogP contribution in [-0.2, 0) is 10.0 Å². The minimum atomic E-state index is -3.38. The van der Waals surface area contributed by atoms with Crippen LogP contribution in [0.4, 0.5) is 0 Å². The zero-order chi connectivity index (χ0) is 13.0. The van der Waals surface area contributed by atoms with Gasteiger partial charge in [-0.1, -0.05) is 22.0 Å². The van der Waals surface area contributed by atoms with E-state index in [1.165, 1.54) is 6.42 Å². The van der Waals surface area contributed by atoms with Gasteiger partial charge in [0.25, 0.3) is 0 Å². The van der Waals surface area contributed by atoms with Crippen molar-refractivity contribution >= 4 is 26.0 Å². The highest BCUT2D eigenvalue weighted by Gasteiger charge is 2.17. The minimum Gasteiger partial charge on any atom is -0.314 e. The quantitative estimate of drug-likeness (QED) is 0.865. The van der Waals surface area contributed by atoms with E-state index in [9.17, 15) is 8.42 Å². The van der Waals surface area contributed by atoms with E-state index in [1.807, 2.05) is 6.07 Å². The van der Waals surface area contributed by atoms with Crippen LogP contribution >= 0.6 is 15.9 Å². The molecule has 0 aromatic heterocycles. The van der Waals surface area contributed by atoms with Gasteiger partial charge >= 0.3 is 0 Å². The molecular weight excluding hydrogens is 316 g/mol. The lowest BCUT2D eigenvalue weighted by Gasteiger charge is -2.11. The number of hydrogen-bond acceptors (Lipinski definition) is 3. The van der Waals surface area contributed by atoms with Crippen molar-refractivity contribution in [3.8, 4) is 0 Å². The van der Waals surface area contributed by atoms with E-state index in [2.05, 4.69) is 26.0 Å². The van der Waals surface area contributed by atoms with Gasteiger partial charge in [0, 0.05) is 17.1 Å².